The number of allylic oxidation sites excluding steroid dienone is 1. The van der Waals surface area contributed by atoms with Crippen molar-refractivity contribution in [3.8, 4) is 5.75 Å². The molecule has 15 heavy (non-hydrogen) atoms. The second-order valence-electron chi connectivity index (χ2n) is 3.36. The molecule has 0 N–H and O–H groups in total. The van der Waals surface area contributed by atoms with E-state index in [9.17, 15) is 0 Å². The molecule has 0 bridgehead atoms. The van der Waals surface area contributed by atoms with Crippen LogP contribution in [0.15, 0.2) is 53.4 Å². The summed E-state index contributed by atoms with van der Waals surface area (Å²) in [4.78, 5) is 0. The van der Waals surface area contributed by atoms with Crippen molar-refractivity contribution in [2.24, 2.45) is 0 Å². The molecule has 1 aliphatic rings. The van der Waals surface area contributed by atoms with Gasteiger partial charge >= 0.3 is 11.8 Å². The van der Waals surface area contributed by atoms with Crippen molar-refractivity contribution >= 4 is 17.0 Å². The van der Waals surface area contributed by atoms with Gasteiger partial charge in [0.1, 0.15) is 16.9 Å². The number of rotatable bonds is 1. The summed E-state index contributed by atoms with van der Waals surface area (Å²) in [6.45, 7) is 3.70. The van der Waals surface area contributed by atoms with Crippen molar-refractivity contribution < 1.29 is 9.15 Å². The summed E-state index contributed by atoms with van der Waals surface area (Å²) in [5.41, 5.74) is 1.94. The second kappa shape index (κ2) is 2.95. The molecule has 2 aromatic rings. The van der Waals surface area contributed by atoms with Gasteiger partial charge in [-0.2, -0.15) is 0 Å². The second-order valence-corrected chi connectivity index (χ2v) is 3.36. The van der Waals surface area contributed by atoms with Crippen LogP contribution in [0.4, 0.5) is 0 Å². The Kier molecular flexibility index (Phi) is 1.62. The van der Waals surface area contributed by atoms with Crippen molar-refractivity contribution in [2.45, 2.75) is 0 Å². The highest BCUT2D eigenvalue weighted by Crippen LogP contribution is 2.35. The zero-order valence-corrected chi connectivity index (χ0v) is 8.07. The Balaban J connectivity index is 2.42. The first-order valence-corrected chi connectivity index (χ1v) is 4.74. The Bertz CT molecular complexity index is 577. The Morgan fingerprint density at radius 1 is 1.27 bits per heavy atom. The number of benzene rings is 1. The first-order valence-electron chi connectivity index (χ1n) is 4.74. The largest absolute Gasteiger partial charge is 0.456 e. The van der Waals surface area contributed by atoms with Gasteiger partial charge in [0.2, 0.25) is 0 Å². The maximum absolute atomic E-state index is 5.64. The van der Waals surface area contributed by atoms with Crippen molar-refractivity contribution in [3.05, 3.63) is 54.5 Å². The van der Waals surface area contributed by atoms with E-state index in [1.165, 1.54) is 0 Å². The van der Waals surface area contributed by atoms with E-state index in [1.807, 2.05) is 30.3 Å². The van der Waals surface area contributed by atoms with Crippen LogP contribution in [-0.4, -0.2) is 0 Å². The van der Waals surface area contributed by atoms with Crippen LogP contribution in [0, 0.1) is 0 Å². The summed E-state index contributed by atoms with van der Waals surface area (Å²) in [6.07, 6.45) is 5.34. The Morgan fingerprint density at radius 3 is 3.07 bits per heavy atom. The van der Waals surface area contributed by atoms with Crippen LogP contribution in [-0.2, 0) is 0 Å². The maximum atomic E-state index is 5.64. The van der Waals surface area contributed by atoms with E-state index in [1.54, 1.807) is 12.3 Å². The van der Waals surface area contributed by atoms with E-state index in [-0.39, 0.29) is 0 Å². The smallest absolute Gasteiger partial charge is 0.364 e. The predicted molar refractivity (Wildman–Crippen MR) is 59.4 cm³/mol. The molecule has 0 radical (unpaired) electrons. The van der Waals surface area contributed by atoms with E-state index in [0.717, 1.165) is 28.0 Å². The molecule has 0 unspecified atom stereocenters. The molecule has 2 heterocycles. The molecular formula is C13H9O2+. The molecule has 1 aromatic carbocycles. The normalized spacial score (nSPS) is 13.2. The Hall–Kier alpha value is -2.09. The molecule has 2 nitrogen and oxygen atoms in total. The highest BCUT2D eigenvalue weighted by atomic mass is 16.5. The summed E-state index contributed by atoms with van der Waals surface area (Å²) in [7, 11) is 0. The SMILES string of the molecule is C=CC1=Cc2cc[o+]c3cccc(c23)O1. The zero-order valence-electron chi connectivity index (χ0n) is 8.07. The third-order valence-electron chi connectivity index (χ3n) is 2.45. The van der Waals surface area contributed by atoms with Gasteiger partial charge in [-0.05, 0) is 24.3 Å². The van der Waals surface area contributed by atoms with Gasteiger partial charge in [0.25, 0.3) is 0 Å². The van der Waals surface area contributed by atoms with E-state index in [2.05, 4.69) is 6.58 Å². The zero-order chi connectivity index (χ0) is 10.3. The van der Waals surface area contributed by atoms with Gasteiger partial charge in [-0.15, -0.1) is 0 Å². The molecule has 0 amide bonds. The van der Waals surface area contributed by atoms with Crippen molar-refractivity contribution in [3.63, 3.8) is 0 Å². The summed E-state index contributed by atoms with van der Waals surface area (Å²) in [6, 6.07) is 7.70. The lowest BCUT2D eigenvalue weighted by molar-refractivity contribution is 0.450. The minimum absolute atomic E-state index is 0.765. The first-order chi connectivity index (χ1) is 7.38. The van der Waals surface area contributed by atoms with Gasteiger partial charge in [0.15, 0.2) is 0 Å². The number of hydrogen-bond acceptors (Lipinski definition) is 1. The molecule has 1 aromatic heterocycles. The average Bonchev–Trinajstić information content (AvgIpc) is 2.29. The van der Waals surface area contributed by atoms with Gasteiger partial charge in [-0.3, -0.25) is 0 Å². The van der Waals surface area contributed by atoms with Crippen LogP contribution in [0.2, 0.25) is 0 Å². The van der Waals surface area contributed by atoms with Crippen LogP contribution in [0.25, 0.3) is 17.0 Å². The predicted octanol–water partition coefficient (Wildman–Crippen LogP) is 3.63. The number of hydrogen-bond donors (Lipinski definition) is 0. The molecule has 72 valence electrons. The molecule has 0 aliphatic carbocycles. The molecule has 0 fully saturated rings. The quantitative estimate of drug-likeness (QED) is 0.650. The van der Waals surface area contributed by atoms with E-state index >= 15 is 0 Å². The summed E-state index contributed by atoms with van der Waals surface area (Å²) in [5.74, 6) is 1.59. The van der Waals surface area contributed by atoms with Gasteiger partial charge in [-0.25, -0.2) is 4.42 Å². The lowest BCUT2D eigenvalue weighted by Crippen LogP contribution is -1.98. The van der Waals surface area contributed by atoms with Crippen LogP contribution in [0.1, 0.15) is 5.56 Å². The van der Waals surface area contributed by atoms with Gasteiger partial charge in [-0.1, -0.05) is 6.58 Å². The Morgan fingerprint density at radius 2 is 2.20 bits per heavy atom. The minimum Gasteiger partial charge on any atom is -0.456 e. The van der Waals surface area contributed by atoms with Gasteiger partial charge in [0, 0.05) is 17.7 Å². The van der Waals surface area contributed by atoms with E-state index in [4.69, 9.17) is 9.15 Å². The lowest BCUT2D eigenvalue weighted by atomic mass is 10.1. The van der Waals surface area contributed by atoms with Crippen LogP contribution < -0.4 is 4.74 Å². The van der Waals surface area contributed by atoms with Crippen LogP contribution in [0.3, 0.4) is 0 Å². The molecule has 0 atom stereocenters. The van der Waals surface area contributed by atoms with E-state index in [0.29, 0.717) is 0 Å². The first kappa shape index (κ1) is 8.24. The highest BCUT2D eigenvalue weighted by molar-refractivity contribution is 5.93. The van der Waals surface area contributed by atoms with E-state index < -0.39 is 0 Å². The van der Waals surface area contributed by atoms with Crippen molar-refractivity contribution in [1.29, 1.82) is 0 Å². The standard InChI is InChI=1S/C13H9O2/c1-2-10-8-9-6-7-14-11-4-3-5-12(15-10)13(9)11/h2-8H,1H2/q+1. The molecule has 0 saturated heterocycles. The topological polar surface area (TPSA) is 20.5 Å². The third kappa shape index (κ3) is 1.15. The molecule has 0 spiro atoms. The lowest BCUT2D eigenvalue weighted by Gasteiger charge is -2.12. The fraction of sp³-hybridized carbons (Fsp3) is 0. The molecule has 1 aliphatic heterocycles. The van der Waals surface area contributed by atoms with Crippen LogP contribution >= 0.6 is 0 Å². The third-order valence-corrected chi connectivity index (χ3v) is 2.45. The van der Waals surface area contributed by atoms with Crippen molar-refractivity contribution in [2.75, 3.05) is 0 Å². The summed E-state index contributed by atoms with van der Waals surface area (Å²) in [5, 5.41) is 1.02. The molecule has 0 saturated carbocycles. The summed E-state index contributed by atoms with van der Waals surface area (Å²) < 4.78 is 11.0. The molecule has 3 rings (SSSR count). The maximum Gasteiger partial charge on any atom is 0.364 e. The Labute approximate surface area is 87.1 Å². The highest BCUT2D eigenvalue weighted by Gasteiger charge is 2.19. The van der Waals surface area contributed by atoms with Crippen molar-refractivity contribution in [1.82, 2.24) is 0 Å². The van der Waals surface area contributed by atoms with Gasteiger partial charge in [0.05, 0.1) is 0 Å². The van der Waals surface area contributed by atoms with Crippen LogP contribution in [0.5, 0.6) is 5.75 Å². The molecular weight excluding hydrogens is 188 g/mol. The summed E-state index contributed by atoms with van der Waals surface area (Å²) >= 11 is 0. The average molecular weight is 197 g/mol. The fourth-order valence-electron chi connectivity index (χ4n) is 1.77. The molecule has 2 heteroatoms. The number of ether oxygens (including phenoxy) is 1. The minimum atomic E-state index is 0.765. The fourth-order valence-corrected chi connectivity index (χ4v) is 1.77. The van der Waals surface area contributed by atoms with Gasteiger partial charge < -0.3 is 4.74 Å². The monoisotopic (exact) mass is 197 g/mol.